The van der Waals surface area contributed by atoms with Crippen molar-refractivity contribution in [3.8, 4) is 5.75 Å². The Bertz CT molecular complexity index is 336. The number of benzene rings is 1. The summed E-state index contributed by atoms with van der Waals surface area (Å²) < 4.78 is 4.55. The fourth-order valence-electron chi connectivity index (χ4n) is 1.15. The fraction of sp³-hybridized carbons (Fsp3) is 0.300. The van der Waals surface area contributed by atoms with E-state index in [4.69, 9.17) is 0 Å². The lowest BCUT2D eigenvalue weighted by atomic mass is 10.2. The van der Waals surface area contributed by atoms with E-state index >= 15 is 0 Å². The Kier molecular flexibility index (Phi) is 3.34. The molecule has 0 radical (unpaired) electrons. The van der Waals surface area contributed by atoms with Gasteiger partial charge in [-0.3, -0.25) is 0 Å². The number of methoxy groups -OCH3 is 1. The van der Waals surface area contributed by atoms with Gasteiger partial charge in [0.25, 0.3) is 0 Å². The zero-order valence-electron chi connectivity index (χ0n) is 8.20. The molecule has 0 fully saturated rings. The molecule has 0 aliphatic rings. The highest BCUT2D eigenvalue weighted by molar-refractivity contribution is 5.91. The first kappa shape index (κ1) is 10.4. The quantitative estimate of drug-likeness (QED) is 0.719. The van der Waals surface area contributed by atoms with Gasteiger partial charge in [-0.15, -0.1) is 0 Å². The lowest BCUT2D eigenvalue weighted by molar-refractivity contribution is 0.0600. The molecule has 0 atom stereocenters. The molecule has 4 nitrogen and oxygen atoms in total. The van der Waals surface area contributed by atoms with Gasteiger partial charge in [-0.25, -0.2) is 4.79 Å². The van der Waals surface area contributed by atoms with Crippen LogP contribution in [0, 0.1) is 0 Å². The molecular formula is C10H13NO3. The Hall–Kier alpha value is -1.71. The molecule has 0 aromatic heterocycles. The normalized spacial score (nSPS) is 9.57. The van der Waals surface area contributed by atoms with Crippen LogP contribution in [0.5, 0.6) is 5.75 Å². The first-order valence-corrected chi connectivity index (χ1v) is 4.33. The van der Waals surface area contributed by atoms with E-state index in [2.05, 4.69) is 10.1 Å². The summed E-state index contributed by atoms with van der Waals surface area (Å²) in [5.74, 6) is -0.413. The number of anilines is 1. The van der Waals surface area contributed by atoms with E-state index in [1.165, 1.54) is 13.2 Å². The molecule has 0 bridgehead atoms. The summed E-state index contributed by atoms with van der Waals surface area (Å²) in [4.78, 5) is 11.2. The Morgan fingerprint density at radius 1 is 1.50 bits per heavy atom. The lowest BCUT2D eigenvalue weighted by Crippen LogP contribution is -2.03. The molecule has 0 amide bonds. The molecular weight excluding hydrogens is 182 g/mol. The number of phenolic OH excluding ortho intramolecular Hbond substituents is 1. The van der Waals surface area contributed by atoms with Crippen LogP contribution < -0.4 is 5.32 Å². The SMILES string of the molecule is CCNc1cc(O)cc(C(=O)OC)c1. The van der Waals surface area contributed by atoms with Gasteiger partial charge in [-0.05, 0) is 19.1 Å². The van der Waals surface area contributed by atoms with Crippen LogP contribution in [-0.4, -0.2) is 24.7 Å². The van der Waals surface area contributed by atoms with E-state index < -0.39 is 5.97 Å². The number of phenols is 1. The van der Waals surface area contributed by atoms with Crippen LogP contribution in [0.15, 0.2) is 18.2 Å². The Balaban J connectivity index is 3.00. The zero-order valence-corrected chi connectivity index (χ0v) is 8.20. The van der Waals surface area contributed by atoms with Gasteiger partial charge in [0, 0.05) is 18.3 Å². The average Bonchev–Trinajstić information content (AvgIpc) is 2.16. The second-order valence-electron chi connectivity index (χ2n) is 2.79. The smallest absolute Gasteiger partial charge is 0.338 e. The molecule has 0 aliphatic carbocycles. The molecule has 14 heavy (non-hydrogen) atoms. The van der Waals surface area contributed by atoms with Crippen molar-refractivity contribution in [2.75, 3.05) is 19.0 Å². The highest BCUT2D eigenvalue weighted by Crippen LogP contribution is 2.20. The van der Waals surface area contributed by atoms with Gasteiger partial charge in [0.2, 0.25) is 0 Å². The third kappa shape index (κ3) is 2.39. The summed E-state index contributed by atoms with van der Waals surface area (Å²) in [6, 6.07) is 4.55. The lowest BCUT2D eigenvalue weighted by Gasteiger charge is -2.06. The van der Waals surface area contributed by atoms with Crippen LogP contribution in [0.3, 0.4) is 0 Å². The first-order chi connectivity index (χ1) is 6.67. The maximum Gasteiger partial charge on any atom is 0.338 e. The topological polar surface area (TPSA) is 58.6 Å². The van der Waals surface area contributed by atoms with Gasteiger partial charge < -0.3 is 15.2 Å². The molecule has 1 aromatic rings. The minimum atomic E-state index is -0.458. The minimum absolute atomic E-state index is 0.0452. The number of ether oxygens (including phenoxy) is 1. The van der Waals surface area contributed by atoms with E-state index in [1.54, 1.807) is 12.1 Å². The number of esters is 1. The first-order valence-electron chi connectivity index (χ1n) is 4.33. The van der Waals surface area contributed by atoms with Gasteiger partial charge in [0.1, 0.15) is 5.75 Å². The summed E-state index contributed by atoms with van der Waals surface area (Å²) in [5.41, 5.74) is 1.04. The molecule has 0 heterocycles. The number of rotatable bonds is 3. The fourth-order valence-corrected chi connectivity index (χ4v) is 1.15. The van der Waals surface area contributed by atoms with Gasteiger partial charge in [0.15, 0.2) is 0 Å². The molecule has 1 aromatic carbocycles. The van der Waals surface area contributed by atoms with Crippen molar-refractivity contribution >= 4 is 11.7 Å². The van der Waals surface area contributed by atoms with Crippen molar-refractivity contribution in [1.82, 2.24) is 0 Å². The molecule has 0 saturated carbocycles. The molecule has 2 N–H and O–H groups in total. The number of nitrogens with one attached hydrogen (secondary N) is 1. The Labute approximate surface area is 82.5 Å². The van der Waals surface area contributed by atoms with E-state index in [1.807, 2.05) is 6.92 Å². The molecule has 0 aliphatic heterocycles. The molecule has 0 saturated heterocycles. The third-order valence-electron chi connectivity index (χ3n) is 1.72. The van der Waals surface area contributed by atoms with Crippen LogP contribution in [0.4, 0.5) is 5.69 Å². The summed E-state index contributed by atoms with van der Waals surface area (Å²) in [7, 11) is 1.30. The maximum atomic E-state index is 11.2. The van der Waals surface area contributed by atoms with Gasteiger partial charge in [-0.2, -0.15) is 0 Å². The minimum Gasteiger partial charge on any atom is -0.508 e. The van der Waals surface area contributed by atoms with E-state index in [9.17, 15) is 9.90 Å². The summed E-state index contributed by atoms with van der Waals surface area (Å²) in [5, 5.41) is 12.3. The van der Waals surface area contributed by atoms with Crippen molar-refractivity contribution in [2.24, 2.45) is 0 Å². The van der Waals surface area contributed by atoms with Crippen LogP contribution in [0.2, 0.25) is 0 Å². The van der Waals surface area contributed by atoms with E-state index in [-0.39, 0.29) is 5.75 Å². The molecule has 1 rings (SSSR count). The molecule has 76 valence electrons. The standard InChI is InChI=1S/C10H13NO3/c1-3-11-8-4-7(10(13)14-2)5-9(12)6-8/h4-6,11-12H,3H2,1-2H3. The number of aromatic hydroxyl groups is 1. The summed E-state index contributed by atoms with van der Waals surface area (Å²) in [6.07, 6.45) is 0. The predicted octanol–water partition coefficient (Wildman–Crippen LogP) is 1.61. The summed E-state index contributed by atoms with van der Waals surface area (Å²) >= 11 is 0. The van der Waals surface area contributed by atoms with Gasteiger partial charge >= 0.3 is 5.97 Å². The Morgan fingerprint density at radius 2 is 2.21 bits per heavy atom. The third-order valence-corrected chi connectivity index (χ3v) is 1.72. The second kappa shape index (κ2) is 4.50. The van der Waals surface area contributed by atoms with Crippen molar-refractivity contribution in [3.05, 3.63) is 23.8 Å². The van der Waals surface area contributed by atoms with Crippen LogP contribution >= 0.6 is 0 Å². The van der Waals surface area contributed by atoms with Crippen LogP contribution in [0.1, 0.15) is 17.3 Å². The molecule has 4 heteroatoms. The maximum absolute atomic E-state index is 11.2. The van der Waals surface area contributed by atoms with Crippen molar-refractivity contribution in [2.45, 2.75) is 6.92 Å². The number of hydrogen-bond donors (Lipinski definition) is 2. The summed E-state index contributed by atoms with van der Waals surface area (Å²) in [6.45, 7) is 2.66. The Morgan fingerprint density at radius 3 is 2.79 bits per heavy atom. The predicted molar refractivity (Wildman–Crippen MR) is 53.6 cm³/mol. The second-order valence-corrected chi connectivity index (χ2v) is 2.79. The van der Waals surface area contributed by atoms with E-state index in [0.29, 0.717) is 11.3 Å². The number of hydrogen-bond acceptors (Lipinski definition) is 4. The van der Waals surface area contributed by atoms with Gasteiger partial charge in [-0.1, -0.05) is 0 Å². The molecule has 0 spiro atoms. The monoisotopic (exact) mass is 195 g/mol. The highest BCUT2D eigenvalue weighted by Gasteiger charge is 2.07. The largest absolute Gasteiger partial charge is 0.508 e. The van der Waals surface area contributed by atoms with Crippen LogP contribution in [-0.2, 0) is 4.74 Å². The van der Waals surface area contributed by atoms with Gasteiger partial charge in [0.05, 0.1) is 12.7 Å². The highest BCUT2D eigenvalue weighted by atomic mass is 16.5. The number of carbonyl (C=O) groups is 1. The zero-order chi connectivity index (χ0) is 10.6. The molecule has 0 unspecified atom stereocenters. The van der Waals surface area contributed by atoms with Crippen molar-refractivity contribution < 1.29 is 14.6 Å². The average molecular weight is 195 g/mol. The van der Waals surface area contributed by atoms with E-state index in [0.717, 1.165) is 6.54 Å². The van der Waals surface area contributed by atoms with Crippen molar-refractivity contribution in [1.29, 1.82) is 0 Å². The van der Waals surface area contributed by atoms with Crippen LogP contribution in [0.25, 0.3) is 0 Å². The van der Waals surface area contributed by atoms with Crippen molar-refractivity contribution in [3.63, 3.8) is 0 Å². The number of carbonyl (C=O) groups excluding carboxylic acids is 1.